The van der Waals surface area contributed by atoms with Crippen LogP contribution in [0.25, 0.3) is 5.69 Å². The van der Waals surface area contributed by atoms with Crippen LogP contribution in [0.5, 0.6) is 0 Å². The highest BCUT2D eigenvalue weighted by Crippen LogP contribution is 2.17. The summed E-state index contributed by atoms with van der Waals surface area (Å²) in [6.07, 6.45) is 0. The smallest absolute Gasteiger partial charge is 0.361 e. The second-order valence-electron chi connectivity index (χ2n) is 5.11. The summed E-state index contributed by atoms with van der Waals surface area (Å²) in [7, 11) is 0. The Morgan fingerprint density at radius 2 is 1.62 bits per heavy atom. The Bertz CT molecular complexity index is 859. The zero-order chi connectivity index (χ0) is 17.1. The fourth-order valence-corrected chi connectivity index (χ4v) is 2.40. The van der Waals surface area contributed by atoms with E-state index in [1.807, 2.05) is 0 Å². The Kier molecular flexibility index (Phi) is 4.83. The molecule has 24 heavy (non-hydrogen) atoms. The van der Waals surface area contributed by atoms with Gasteiger partial charge >= 0.3 is 5.97 Å². The molecule has 0 unspecified atom stereocenters. The van der Waals surface area contributed by atoms with Crippen LogP contribution >= 0.6 is 23.2 Å². The Morgan fingerprint density at radius 1 is 1.04 bits per heavy atom. The summed E-state index contributed by atoms with van der Waals surface area (Å²) in [5.74, 6) is -0.525. The quantitative estimate of drug-likeness (QED) is 0.652. The fraction of sp³-hybridized carbons (Fsp3) is 0.118. The van der Waals surface area contributed by atoms with E-state index in [-0.39, 0.29) is 12.3 Å². The molecule has 0 saturated heterocycles. The third kappa shape index (κ3) is 3.58. The number of hydrogen-bond donors (Lipinski definition) is 0. The maximum Gasteiger partial charge on any atom is 0.361 e. The van der Waals surface area contributed by atoms with Crippen molar-refractivity contribution in [2.45, 2.75) is 13.5 Å². The molecule has 0 bridgehead atoms. The molecule has 3 rings (SSSR count). The number of carbonyl (C=O) groups excluding carboxylic acids is 1. The van der Waals surface area contributed by atoms with Crippen LogP contribution in [0.3, 0.4) is 0 Å². The van der Waals surface area contributed by atoms with Gasteiger partial charge in [0.25, 0.3) is 0 Å². The Morgan fingerprint density at radius 3 is 2.25 bits per heavy atom. The molecule has 0 atom stereocenters. The topological polar surface area (TPSA) is 57.0 Å². The Balaban J connectivity index is 1.74. The lowest BCUT2D eigenvalue weighted by atomic mass is 10.2. The lowest BCUT2D eigenvalue weighted by molar-refractivity contribution is 0.0464. The SMILES string of the molecule is Cc1c(C(=O)OCc2ccc(Cl)cc2)nnn1-c1ccc(Cl)cc1. The van der Waals surface area contributed by atoms with Gasteiger partial charge in [0.15, 0.2) is 5.69 Å². The molecular weight excluding hydrogens is 349 g/mol. The van der Waals surface area contributed by atoms with Gasteiger partial charge < -0.3 is 4.74 Å². The second-order valence-corrected chi connectivity index (χ2v) is 5.99. The zero-order valence-corrected chi connectivity index (χ0v) is 14.3. The maximum atomic E-state index is 12.2. The lowest BCUT2D eigenvalue weighted by Gasteiger charge is -2.05. The molecule has 0 saturated carbocycles. The number of rotatable bonds is 4. The van der Waals surface area contributed by atoms with Gasteiger partial charge in [0, 0.05) is 10.0 Å². The predicted octanol–water partition coefficient (Wildman–Crippen LogP) is 4.24. The van der Waals surface area contributed by atoms with Crippen LogP contribution < -0.4 is 0 Å². The first kappa shape index (κ1) is 16.5. The molecule has 122 valence electrons. The number of hydrogen-bond acceptors (Lipinski definition) is 4. The summed E-state index contributed by atoms with van der Waals surface area (Å²) in [5.41, 5.74) is 2.38. The van der Waals surface area contributed by atoms with Crippen molar-refractivity contribution < 1.29 is 9.53 Å². The molecule has 0 radical (unpaired) electrons. The fourth-order valence-electron chi connectivity index (χ4n) is 2.14. The maximum absolute atomic E-state index is 12.2. The Hall–Kier alpha value is -2.37. The van der Waals surface area contributed by atoms with Crippen LogP contribution in [0.15, 0.2) is 48.5 Å². The van der Waals surface area contributed by atoms with Crippen molar-refractivity contribution in [3.05, 3.63) is 75.5 Å². The van der Waals surface area contributed by atoms with Gasteiger partial charge in [-0.2, -0.15) is 0 Å². The van der Waals surface area contributed by atoms with Crippen LogP contribution in [0.4, 0.5) is 0 Å². The molecule has 0 aliphatic rings. The molecule has 0 spiro atoms. The zero-order valence-electron chi connectivity index (χ0n) is 12.7. The van der Waals surface area contributed by atoms with Gasteiger partial charge in [-0.15, -0.1) is 5.10 Å². The minimum absolute atomic E-state index is 0.142. The summed E-state index contributed by atoms with van der Waals surface area (Å²) in [4.78, 5) is 12.2. The highest BCUT2D eigenvalue weighted by atomic mass is 35.5. The van der Waals surface area contributed by atoms with E-state index in [4.69, 9.17) is 27.9 Å². The van der Waals surface area contributed by atoms with E-state index in [0.717, 1.165) is 11.3 Å². The van der Waals surface area contributed by atoms with Gasteiger partial charge in [-0.3, -0.25) is 0 Å². The molecule has 2 aromatic carbocycles. The number of aromatic nitrogens is 3. The number of carbonyl (C=O) groups is 1. The van der Waals surface area contributed by atoms with E-state index >= 15 is 0 Å². The molecular formula is C17H13Cl2N3O2. The molecule has 1 heterocycles. The molecule has 0 amide bonds. The summed E-state index contributed by atoms with van der Waals surface area (Å²) in [6.45, 7) is 1.90. The lowest BCUT2D eigenvalue weighted by Crippen LogP contribution is -2.08. The predicted molar refractivity (Wildman–Crippen MR) is 91.7 cm³/mol. The van der Waals surface area contributed by atoms with Gasteiger partial charge in [0.2, 0.25) is 0 Å². The molecule has 0 aliphatic carbocycles. The van der Waals surface area contributed by atoms with Crippen LogP contribution in [0.2, 0.25) is 10.0 Å². The number of nitrogens with zero attached hydrogens (tertiary/aromatic N) is 3. The van der Waals surface area contributed by atoms with Gasteiger partial charge in [-0.1, -0.05) is 40.5 Å². The normalized spacial score (nSPS) is 10.6. The number of benzene rings is 2. The number of halogens is 2. The molecule has 1 aromatic heterocycles. The standard InChI is InChI=1S/C17H13Cl2N3O2/c1-11-16(17(23)24-10-12-2-4-13(18)5-3-12)20-21-22(11)15-8-6-14(19)7-9-15/h2-9H,10H2,1H3. The van der Waals surface area contributed by atoms with Crippen LogP contribution in [0.1, 0.15) is 21.7 Å². The third-order valence-electron chi connectivity index (χ3n) is 3.44. The van der Waals surface area contributed by atoms with Crippen LogP contribution in [-0.2, 0) is 11.3 Å². The van der Waals surface area contributed by atoms with E-state index in [1.165, 1.54) is 0 Å². The average molecular weight is 362 g/mol. The Labute approximate surface area is 148 Å². The first-order valence-corrected chi connectivity index (χ1v) is 7.90. The van der Waals surface area contributed by atoms with E-state index in [0.29, 0.717) is 15.7 Å². The van der Waals surface area contributed by atoms with E-state index < -0.39 is 5.97 Å². The van der Waals surface area contributed by atoms with Crippen molar-refractivity contribution >= 4 is 29.2 Å². The summed E-state index contributed by atoms with van der Waals surface area (Å²) >= 11 is 11.7. The first-order chi connectivity index (χ1) is 11.5. The van der Waals surface area contributed by atoms with Crippen molar-refractivity contribution in [2.75, 3.05) is 0 Å². The molecule has 3 aromatic rings. The molecule has 5 nitrogen and oxygen atoms in total. The monoisotopic (exact) mass is 361 g/mol. The average Bonchev–Trinajstić information content (AvgIpc) is 2.96. The highest BCUT2D eigenvalue weighted by molar-refractivity contribution is 6.30. The summed E-state index contributed by atoms with van der Waals surface area (Å²) in [5, 5.41) is 9.19. The molecule has 0 N–H and O–H groups in total. The summed E-state index contributed by atoms with van der Waals surface area (Å²) < 4.78 is 6.85. The van der Waals surface area contributed by atoms with Gasteiger partial charge in [0.1, 0.15) is 6.61 Å². The number of ether oxygens (including phenoxy) is 1. The van der Waals surface area contributed by atoms with Crippen LogP contribution in [0, 0.1) is 6.92 Å². The van der Waals surface area contributed by atoms with Crippen LogP contribution in [-0.4, -0.2) is 21.0 Å². The highest BCUT2D eigenvalue weighted by Gasteiger charge is 2.18. The van der Waals surface area contributed by atoms with Gasteiger partial charge in [-0.25, -0.2) is 9.48 Å². The minimum Gasteiger partial charge on any atom is -0.456 e. The first-order valence-electron chi connectivity index (χ1n) is 7.14. The van der Waals surface area contributed by atoms with Crippen molar-refractivity contribution in [3.8, 4) is 5.69 Å². The van der Waals surface area contributed by atoms with E-state index in [9.17, 15) is 4.79 Å². The van der Waals surface area contributed by atoms with E-state index in [2.05, 4.69) is 10.3 Å². The number of esters is 1. The molecule has 7 heteroatoms. The van der Waals surface area contributed by atoms with Gasteiger partial charge in [-0.05, 0) is 48.9 Å². The summed E-state index contributed by atoms with van der Waals surface area (Å²) in [6, 6.07) is 14.2. The van der Waals surface area contributed by atoms with Crippen molar-refractivity contribution in [2.24, 2.45) is 0 Å². The van der Waals surface area contributed by atoms with Crippen molar-refractivity contribution in [1.82, 2.24) is 15.0 Å². The van der Waals surface area contributed by atoms with Crippen molar-refractivity contribution in [1.29, 1.82) is 0 Å². The molecule has 0 aliphatic heterocycles. The minimum atomic E-state index is -0.525. The van der Waals surface area contributed by atoms with Gasteiger partial charge in [0.05, 0.1) is 11.4 Å². The van der Waals surface area contributed by atoms with E-state index in [1.54, 1.807) is 60.1 Å². The largest absolute Gasteiger partial charge is 0.456 e. The third-order valence-corrected chi connectivity index (χ3v) is 3.95. The second kappa shape index (κ2) is 7.03. The van der Waals surface area contributed by atoms with Crippen molar-refractivity contribution in [3.63, 3.8) is 0 Å². The molecule has 0 fully saturated rings.